The van der Waals surface area contributed by atoms with Gasteiger partial charge in [-0.3, -0.25) is 0 Å². The lowest BCUT2D eigenvalue weighted by molar-refractivity contribution is -0.00902. The van der Waals surface area contributed by atoms with Crippen molar-refractivity contribution in [3.63, 3.8) is 0 Å². The molecule has 0 aliphatic carbocycles. The number of rotatable bonds is 2. The van der Waals surface area contributed by atoms with Crippen LogP contribution in [0.25, 0.3) is 0 Å². The third-order valence-corrected chi connectivity index (χ3v) is 3.01. The monoisotopic (exact) mass is 191 g/mol. The molecule has 1 aromatic rings. The summed E-state index contributed by atoms with van der Waals surface area (Å²) in [5.74, 6) is 0. The fraction of sp³-hybridized carbons (Fsp3) is 0.500. The molecule has 0 spiro atoms. The predicted octanol–water partition coefficient (Wildman–Crippen LogP) is 1.18. The molecule has 0 aromatic heterocycles. The van der Waals surface area contributed by atoms with Crippen molar-refractivity contribution < 1.29 is 5.11 Å². The van der Waals surface area contributed by atoms with E-state index in [0.29, 0.717) is 0 Å². The molecule has 1 aliphatic rings. The first-order valence-electron chi connectivity index (χ1n) is 5.08. The zero-order valence-electron chi connectivity index (χ0n) is 8.80. The van der Waals surface area contributed by atoms with E-state index in [1.165, 1.54) is 16.7 Å². The summed E-state index contributed by atoms with van der Waals surface area (Å²) in [6.07, 6.45) is 0.765. The Morgan fingerprint density at radius 1 is 1.29 bits per heavy atom. The molecule has 0 radical (unpaired) electrons. The van der Waals surface area contributed by atoms with Gasteiger partial charge in [-0.05, 0) is 30.5 Å². The molecule has 14 heavy (non-hydrogen) atoms. The van der Waals surface area contributed by atoms with Crippen molar-refractivity contribution in [3.05, 3.63) is 34.9 Å². The van der Waals surface area contributed by atoms with Crippen LogP contribution in [0.5, 0.6) is 0 Å². The van der Waals surface area contributed by atoms with Crippen molar-refractivity contribution in [2.45, 2.75) is 25.9 Å². The fourth-order valence-electron chi connectivity index (χ4n) is 1.83. The third kappa shape index (κ3) is 1.81. The summed E-state index contributed by atoms with van der Waals surface area (Å²) >= 11 is 0. The Labute approximate surface area is 85.0 Å². The van der Waals surface area contributed by atoms with E-state index in [0.717, 1.165) is 19.5 Å². The highest BCUT2D eigenvalue weighted by Crippen LogP contribution is 2.19. The molecule has 0 bridgehead atoms. The van der Waals surface area contributed by atoms with Gasteiger partial charge in [-0.2, -0.15) is 0 Å². The molecule has 2 rings (SSSR count). The summed E-state index contributed by atoms with van der Waals surface area (Å²) in [4.78, 5) is 0. The van der Waals surface area contributed by atoms with Crippen LogP contribution in [0.1, 0.15) is 16.7 Å². The van der Waals surface area contributed by atoms with Crippen molar-refractivity contribution in [2.75, 3.05) is 13.1 Å². The molecule has 1 fully saturated rings. The van der Waals surface area contributed by atoms with E-state index in [4.69, 9.17) is 0 Å². The van der Waals surface area contributed by atoms with Crippen LogP contribution in [0, 0.1) is 13.8 Å². The van der Waals surface area contributed by atoms with Crippen LogP contribution in [-0.4, -0.2) is 23.8 Å². The summed E-state index contributed by atoms with van der Waals surface area (Å²) in [5, 5.41) is 13.1. The predicted molar refractivity (Wildman–Crippen MR) is 57.4 cm³/mol. The van der Waals surface area contributed by atoms with Crippen LogP contribution in [0.4, 0.5) is 0 Å². The van der Waals surface area contributed by atoms with Crippen LogP contribution in [0.3, 0.4) is 0 Å². The average molecular weight is 191 g/mol. The molecule has 1 saturated heterocycles. The van der Waals surface area contributed by atoms with Gasteiger partial charge in [0.15, 0.2) is 0 Å². The maximum Gasteiger partial charge on any atom is 0.0935 e. The smallest absolute Gasteiger partial charge is 0.0935 e. The fourth-order valence-corrected chi connectivity index (χ4v) is 1.83. The molecule has 1 aliphatic heterocycles. The number of aryl methyl sites for hydroxylation is 2. The highest BCUT2D eigenvalue weighted by Gasteiger charge is 2.34. The Hall–Kier alpha value is -0.860. The summed E-state index contributed by atoms with van der Waals surface area (Å²) in [6, 6.07) is 6.41. The van der Waals surface area contributed by atoms with E-state index in [1.54, 1.807) is 0 Å². The minimum absolute atomic E-state index is 0.498. The summed E-state index contributed by atoms with van der Waals surface area (Å²) in [5.41, 5.74) is 3.35. The molecular formula is C12H17NO. The lowest BCUT2D eigenvalue weighted by Crippen LogP contribution is -2.60. The minimum atomic E-state index is -0.498. The molecule has 1 aromatic carbocycles. The van der Waals surface area contributed by atoms with Gasteiger partial charge in [0.05, 0.1) is 5.60 Å². The van der Waals surface area contributed by atoms with E-state index in [9.17, 15) is 5.11 Å². The second-order valence-electron chi connectivity index (χ2n) is 4.42. The van der Waals surface area contributed by atoms with Gasteiger partial charge in [0.2, 0.25) is 0 Å². The molecule has 0 unspecified atom stereocenters. The van der Waals surface area contributed by atoms with Crippen LogP contribution in [0.2, 0.25) is 0 Å². The third-order valence-electron chi connectivity index (χ3n) is 3.01. The van der Waals surface area contributed by atoms with E-state index >= 15 is 0 Å². The van der Waals surface area contributed by atoms with Gasteiger partial charge in [0, 0.05) is 19.5 Å². The molecule has 0 saturated carbocycles. The van der Waals surface area contributed by atoms with Crippen molar-refractivity contribution in [2.24, 2.45) is 0 Å². The van der Waals surface area contributed by atoms with Gasteiger partial charge in [-0.1, -0.05) is 18.2 Å². The molecular weight excluding hydrogens is 174 g/mol. The van der Waals surface area contributed by atoms with E-state index < -0.39 is 5.60 Å². The van der Waals surface area contributed by atoms with Crippen molar-refractivity contribution in [3.8, 4) is 0 Å². The van der Waals surface area contributed by atoms with Crippen molar-refractivity contribution >= 4 is 0 Å². The Kier molecular flexibility index (Phi) is 2.33. The van der Waals surface area contributed by atoms with Crippen LogP contribution >= 0.6 is 0 Å². The van der Waals surface area contributed by atoms with Crippen molar-refractivity contribution in [1.82, 2.24) is 5.32 Å². The first-order valence-corrected chi connectivity index (χ1v) is 5.08. The van der Waals surface area contributed by atoms with Crippen LogP contribution in [-0.2, 0) is 6.42 Å². The number of benzene rings is 1. The Balaban J connectivity index is 2.13. The second-order valence-corrected chi connectivity index (χ2v) is 4.42. The molecule has 2 N–H and O–H groups in total. The van der Waals surface area contributed by atoms with E-state index in [1.807, 2.05) is 0 Å². The molecule has 0 atom stereocenters. The average Bonchev–Trinajstić information content (AvgIpc) is 2.09. The minimum Gasteiger partial charge on any atom is -0.387 e. The van der Waals surface area contributed by atoms with Crippen LogP contribution < -0.4 is 5.32 Å². The molecule has 2 heteroatoms. The second kappa shape index (κ2) is 3.37. The van der Waals surface area contributed by atoms with Crippen LogP contribution in [0.15, 0.2) is 18.2 Å². The van der Waals surface area contributed by atoms with Gasteiger partial charge < -0.3 is 10.4 Å². The Morgan fingerprint density at radius 2 is 2.00 bits per heavy atom. The number of hydrogen-bond donors (Lipinski definition) is 2. The summed E-state index contributed by atoms with van der Waals surface area (Å²) in [6.45, 7) is 5.67. The van der Waals surface area contributed by atoms with E-state index in [-0.39, 0.29) is 0 Å². The quantitative estimate of drug-likeness (QED) is 0.735. The molecule has 2 nitrogen and oxygen atoms in total. The molecule has 76 valence electrons. The SMILES string of the molecule is Cc1ccc(CC2(O)CNC2)cc1C. The molecule has 0 amide bonds. The number of aliphatic hydroxyl groups is 1. The Bertz CT molecular complexity index is 342. The number of nitrogens with one attached hydrogen (secondary N) is 1. The van der Waals surface area contributed by atoms with E-state index in [2.05, 4.69) is 37.4 Å². The van der Waals surface area contributed by atoms with Gasteiger partial charge in [-0.25, -0.2) is 0 Å². The molecule has 1 heterocycles. The maximum absolute atomic E-state index is 9.96. The lowest BCUT2D eigenvalue weighted by Gasteiger charge is -2.37. The maximum atomic E-state index is 9.96. The van der Waals surface area contributed by atoms with Gasteiger partial charge in [0.1, 0.15) is 0 Å². The highest BCUT2D eigenvalue weighted by atomic mass is 16.3. The topological polar surface area (TPSA) is 32.3 Å². The number of β-amino-alcohol motifs (C(OH)–C–C–N with tert-alkyl or cyclic N) is 1. The van der Waals surface area contributed by atoms with Gasteiger partial charge in [-0.15, -0.1) is 0 Å². The zero-order chi connectivity index (χ0) is 10.2. The zero-order valence-corrected chi connectivity index (χ0v) is 8.80. The Morgan fingerprint density at radius 3 is 2.50 bits per heavy atom. The first-order chi connectivity index (χ1) is 6.59. The summed E-state index contributed by atoms with van der Waals surface area (Å²) in [7, 11) is 0. The first kappa shape index (κ1) is 9.69. The summed E-state index contributed by atoms with van der Waals surface area (Å²) < 4.78 is 0. The number of hydrogen-bond acceptors (Lipinski definition) is 2. The van der Waals surface area contributed by atoms with Gasteiger partial charge in [0.25, 0.3) is 0 Å². The van der Waals surface area contributed by atoms with Crippen molar-refractivity contribution in [1.29, 1.82) is 0 Å². The standard InChI is InChI=1S/C12H17NO/c1-9-3-4-11(5-10(9)2)6-12(14)7-13-8-12/h3-5,13-14H,6-8H2,1-2H3. The highest BCUT2D eigenvalue weighted by molar-refractivity contribution is 5.31. The van der Waals surface area contributed by atoms with Gasteiger partial charge >= 0.3 is 0 Å². The lowest BCUT2D eigenvalue weighted by atomic mass is 9.88. The largest absolute Gasteiger partial charge is 0.387 e. The normalized spacial score (nSPS) is 19.1.